The minimum absolute atomic E-state index is 0.0729. The summed E-state index contributed by atoms with van der Waals surface area (Å²) < 4.78 is 34.3. The first-order chi connectivity index (χ1) is 14.5. The monoisotopic (exact) mass is 449 g/mol. The summed E-state index contributed by atoms with van der Waals surface area (Å²) in [5.74, 6) is -1.63. The fraction of sp³-hybridized carbons (Fsp3) is 0.318. The Labute approximate surface area is 182 Å². The Morgan fingerprint density at radius 2 is 1.87 bits per heavy atom. The summed E-state index contributed by atoms with van der Waals surface area (Å²) >= 11 is 6.22. The summed E-state index contributed by atoms with van der Waals surface area (Å²) in [5.41, 5.74) is -1.13. The number of carbonyl (C=O) groups is 1. The molecular weight excluding hydrogens is 428 g/mol. The number of nitrogens with one attached hydrogen (secondary N) is 1. The van der Waals surface area contributed by atoms with Crippen LogP contribution in [0.3, 0.4) is 0 Å². The van der Waals surface area contributed by atoms with Crippen molar-refractivity contribution in [1.29, 1.82) is 0 Å². The van der Waals surface area contributed by atoms with Crippen LogP contribution in [0.1, 0.15) is 46.0 Å². The number of benzene rings is 2. The van der Waals surface area contributed by atoms with Crippen LogP contribution in [0.5, 0.6) is 0 Å². The molecule has 9 heteroatoms. The van der Waals surface area contributed by atoms with Crippen molar-refractivity contribution in [3.63, 3.8) is 0 Å². The summed E-state index contributed by atoms with van der Waals surface area (Å²) in [5, 5.41) is 2.94. The lowest BCUT2D eigenvalue weighted by atomic mass is 10.1. The molecule has 0 saturated carbocycles. The molecule has 0 unspecified atom stereocenters. The smallest absolute Gasteiger partial charge is 0.408 e. The normalized spacial score (nSPS) is 12.6. The average molecular weight is 450 g/mol. The lowest BCUT2D eigenvalue weighted by Crippen LogP contribution is -2.37. The number of alkyl carbamates (subject to hydrolysis) is 1. The first kappa shape index (κ1) is 22.7. The van der Waals surface area contributed by atoms with Crippen molar-refractivity contribution < 1.29 is 18.3 Å². The van der Waals surface area contributed by atoms with Gasteiger partial charge in [-0.25, -0.2) is 18.6 Å². The summed E-state index contributed by atoms with van der Waals surface area (Å²) in [7, 11) is 0. The second-order valence-electron chi connectivity index (χ2n) is 7.98. The van der Waals surface area contributed by atoms with Gasteiger partial charge < -0.3 is 10.1 Å². The zero-order chi connectivity index (χ0) is 22.9. The van der Waals surface area contributed by atoms with Crippen LogP contribution in [-0.4, -0.2) is 21.2 Å². The van der Waals surface area contributed by atoms with E-state index in [0.29, 0.717) is 18.0 Å². The second-order valence-corrected chi connectivity index (χ2v) is 8.39. The molecule has 1 heterocycles. The highest BCUT2D eigenvalue weighted by Crippen LogP contribution is 2.25. The van der Waals surface area contributed by atoms with Crippen molar-refractivity contribution in [3.8, 4) is 5.69 Å². The zero-order valence-corrected chi connectivity index (χ0v) is 18.3. The van der Waals surface area contributed by atoms with Gasteiger partial charge in [-0.05, 0) is 51.5 Å². The topological polar surface area (TPSA) is 73.2 Å². The maximum absolute atomic E-state index is 14.0. The summed E-state index contributed by atoms with van der Waals surface area (Å²) in [4.78, 5) is 30.3. The fourth-order valence-electron chi connectivity index (χ4n) is 3.16. The van der Waals surface area contributed by atoms with Crippen molar-refractivity contribution in [3.05, 3.63) is 69.2 Å². The third kappa shape index (κ3) is 5.02. The predicted octanol–water partition coefficient (Wildman–Crippen LogP) is 5.29. The minimum Gasteiger partial charge on any atom is -0.444 e. The van der Waals surface area contributed by atoms with Gasteiger partial charge >= 0.3 is 6.09 Å². The van der Waals surface area contributed by atoms with E-state index < -0.39 is 34.9 Å². The van der Waals surface area contributed by atoms with Crippen LogP contribution in [0.2, 0.25) is 5.02 Å². The van der Waals surface area contributed by atoms with Crippen molar-refractivity contribution in [2.24, 2.45) is 0 Å². The van der Waals surface area contributed by atoms with Gasteiger partial charge in [0, 0.05) is 6.07 Å². The molecule has 0 spiro atoms. The van der Waals surface area contributed by atoms with E-state index in [2.05, 4.69) is 10.3 Å². The minimum atomic E-state index is -0.861. The SMILES string of the molecule is CC[C@H](NC(=O)OC(C)(C)C)c1nc2cccc(Cl)c2c(=O)n1-c1cc(F)cc(F)c1. The summed E-state index contributed by atoms with van der Waals surface area (Å²) in [6.45, 7) is 6.92. The Kier molecular flexibility index (Phi) is 6.31. The first-order valence-electron chi connectivity index (χ1n) is 9.67. The van der Waals surface area contributed by atoms with E-state index in [4.69, 9.17) is 16.3 Å². The van der Waals surface area contributed by atoms with Gasteiger partial charge in [0.2, 0.25) is 0 Å². The van der Waals surface area contributed by atoms with Crippen LogP contribution in [0.15, 0.2) is 41.2 Å². The third-order valence-corrected chi connectivity index (χ3v) is 4.70. The van der Waals surface area contributed by atoms with E-state index in [9.17, 15) is 18.4 Å². The van der Waals surface area contributed by atoms with Crippen LogP contribution in [0, 0.1) is 11.6 Å². The lowest BCUT2D eigenvalue weighted by molar-refractivity contribution is 0.0499. The van der Waals surface area contributed by atoms with E-state index >= 15 is 0 Å². The largest absolute Gasteiger partial charge is 0.444 e. The molecule has 2 aromatic carbocycles. The first-order valence-corrected chi connectivity index (χ1v) is 10.0. The standard InChI is InChI=1S/C22H22ClF2N3O3/c1-5-16(27-21(30)31-22(2,3)4)19-26-17-8-6-7-15(23)18(17)20(29)28(19)14-10-12(24)9-13(25)11-14/h6-11,16H,5H2,1-4H3,(H,27,30)/t16-/m0/s1. The highest BCUT2D eigenvalue weighted by Gasteiger charge is 2.25. The number of nitrogens with zero attached hydrogens (tertiary/aromatic N) is 2. The molecule has 31 heavy (non-hydrogen) atoms. The van der Waals surface area contributed by atoms with Crippen molar-refractivity contribution in [1.82, 2.24) is 14.9 Å². The van der Waals surface area contributed by atoms with Crippen molar-refractivity contribution in [2.45, 2.75) is 45.8 Å². The predicted molar refractivity (Wildman–Crippen MR) is 115 cm³/mol. The van der Waals surface area contributed by atoms with Gasteiger partial charge in [-0.15, -0.1) is 0 Å². The Morgan fingerprint density at radius 3 is 2.45 bits per heavy atom. The Morgan fingerprint density at radius 1 is 1.23 bits per heavy atom. The van der Waals surface area contributed by atoms with E-state index in [1.807, 2.05) is 0 Å². The number of ether oxygens (including phenoxy) is 1. The molecular formula is C22H22ClF2N3O3. The number of aromatic nitrogens is 2. The molecule has 6 nitrogen and oxygen atoms in total. The van der Waals surface area contributed by atoms with E-state index in [0.717, 1.165) is 16.7 Å². The molecule has 0 fully saturated rings. The number of carbonyl (C=O) groups excluding carboxylic acids is 1. The number of halogens is 3. The van der Waals surface area contributed by atoms with E-state index in [1.54, 1.807) is 39.8 Å². The van der Waals surface area contributed by atoms with Crippen LogP contribution >= 0.6 is 11.6 Å². The molecule has 3 aromatic rings. The Hall–Kier alpha value is -3.00. The third-order valence-electron chi connectivity index (χ3n) is 4.39. The fourth-order valence-corrected chi connectivity index (χ4v) is 3.41. The van der Waals surface area contributed by atoms with Crippen LogP contribution in [0.25, 0.3) is 16.6 Å². The van der Waals surface area contributed by atoms with Gasteiger partial charge in [-0.2, -0.15) is 0 Å². The Bertz CT molecular complexity index is 1180. The van der Waals surface area contributed by atoms with Crippen LogP contribution in [-0.2, 0) is 4.74 Å². The molecule has 1 atom stereocenters. The van der Waals surface area contributed by atoms with Crippen molar-refractivity contribution in [2.75, 3.05) is 0 Å². The van der Waals surface area contributed by atoms with Gasteiger partial charge in [0.25, 0.3) is 5.56 Å². The second kappa shape index (κ2) is 8.63. The van der Waals surface area contributed by atoms with E-state index in [-0.39, 0.29) is 21.9 Å². The number of hydrogen-bond acceptors (Lipinski definition) is 4. The molecule has 0 saturated heterocycles. The average Bonchev–Trinajstić information content (AvgIpc) is 2.63. The molecule has 0 aliphatic carbocycles. The van der Waals surface area contributed by atoms with E-state index in [1.165, 1.54) is 6.07 Å². The van der Waals surface area contributed by atoms with Gasteiger partial charge in [0.1, 0.15) is 23.1 Å². The summed E-state index contributed by atoms with van der Waals surface area (Å²) in [6.07, 6.45) is -0.382. The van der Waals surface area contributed by atoms with Crippen LogP contribution < -0.4 is 10.9 Å². The number of fused-ring (bicyclic) bond motifs is 1. The maximum atomic E-state index is 14.0. The molecule has 164 valence electrons. The molecule has 1 N–H and O–H groups in total. The summed E-state index contributed by atoms with van der Waals surface area (Å²) in [6, 6.07) is 6.71. The Balaban J connectivity index is 2.26. The van der Waals surface area contributed by atoms with Gasteiger partial charge in [0.15, 0.2) is 0 Å². The number of amides is 1. The highest BCUT2D eigenvalue weighted by molar-refractivity contribution is 6.35. The molecule has 0 radical (unpaired) electrons. The van der Waals surface area contributed by atoms with Crippen LogP contribution in [0.4, 0.5) is 13.6 Å². The lowest BCUT2D eigenvalue weighted by Gasteiger charge is -2.25. The molecule has 0 bridgehead atoms. The van der Waals surface area contributed by atoms with Gasteiger partial charge in [0.05, 0.1) is 27.7 Å². The van der Waals surface area contributed by atoms with Gasteiger partial charge in [-0.3, -0.25) is 9.36 Å². The van der Waals surface area contributed by atoms with Gasteiger partial charge in [-0.1, -0.05) is 24.6 Å². The number of rotatable bonds is 4. The molecule has 1 amide bonds. The molecule has 0 aliphatic rings. The quantitative estimate of drug-likeness (QED) is 0.587. The molecule has 3 rings (SSSR count). The molecule has 0 aliphatic heterocycles. The van der Waals surface area contributed by atoms with Crippen molar-refractivity contribution >= 4 is 28.6 Å². The highest BCUT2D eigenvalue weighted by atomic mass is 35.5. The maximum Gasteiger partial charge on any atom is 0.408 e. The molecule has 1 aromatic heterocycles. The zero-order valence-electron chi connectivity index (χ0n) is 17.5. The number of hydrogen-bond donors (Lipinski definition) is 1.